The van der Waals surface area contributed by atoms with Gasteiger partial charge in [0.1, 0.15) is 0 Å². The van der Waals surface area contributed by atoms with Crippen LogP contribution in [-0.2, 0) is 0 Å². The number of hydrogen-bond acceptors (Lipinski definition) is 7. The van der Waals surface area contributed by atoms with Crippen LogP contribution in [0.5, 0.6) is 0 Å². The van der Waals surface area contributed by atoms with Gasteiger partial charge in [-0.2, -0.15) is 0 Å². The van der Waals surface area contributed by atoms with E-state index in [2.05, 4.69) is 20.9 Å². The molecule has 0 amide bonds. The Bertz CT molecular complexity index is 602. The summed E-state index contributed by atoms with van der Waals surface area (Å²) < 4.78 is 0. The molecule has 0 heterocycles. The second kappa shape index (κ2) is 9.00. The summed E-state index contributed by atoms with van der Waals surface area (Å²) in [6.07, 6.45) is 0. The SMILES string of the molecule is C/C(=N\O)C(C)(C)NCC(CNC(C)(C)/C(C)=N/O)c1ccc(N)cc1. The van der Waals surface area contributed by atoms with Crippen LogP contribution in [0, 0.1) is 0 Å². The van der Waals surface area contributed by atoms with Crippen LogP contribution in [0.25, 0.3) is 0 Å². The van der Waals surface area contributed by atoms with Gasteiger partial charge in [-0.15, -0.1) is 0 Å². The van der Waals surface area contributed by atoms with Crippen molar-refractivity contribution < 1.29 is 10.4 Å². The van der Waals surface area contributed by atoms with E-state index in [1.165, 1.54) is 0 Å². The predicted molar refractivity (Wildman–Crippen MR) is 108 cm³/mol. The van der Waals surface area contributed by atoms with Crippen molar-refractivity contribution in [3.05, 3.63) is 29.8 Å². The highest BCUT2D eigenvalue weighted by Gasteiger charge is 2.26. The Morgan fingerprint density at radius 1 is 0.923 bits per heavy atom. The number of hydrogen-bond donors (Lipinski definition) is 5. The van der Waals surface area contributed by atoms with E-state index in [-0.39, 0.29) is 5.92 Å². The van der Waals surface area contributed by atoms with E-state index in [9.17, 15) is 0 Å². The summed E-state index contributed by atoms with van der Waals surface area (Å²) in [7, 11) is 0. The minimum atomic E-state index is -0.432. The van der Waals surface area contributed by atoms with Crippen LogP contribution in [0.2, 0.25) is 0 Å². The summed E-state index contributed by atoms with van der Waals surface area (Å²) in [5.41, 5.74) is 8.04. The Hall–Kier alpha value is -2.12. The Morgan fingerprint density at radius 2 is 1.31 bits per heavy atom. The lowest BCUT2D eigenvalue weighted by molar-refractivity contribution is 0.308. The zero-order chi connectivity index (χ0) is 20.0. The minimum Gasteiger partial charge on any atom is -0.411 e. The Morgan fingerprint density at radius 3 is 1.65 bits per heavy atom. The summed E-state index contributed by atoms with van der Waals surface area (Å²) in [5, 5.41) is 31.7. The first-order chi connectivity index (χ1) is 12.0. The highest BCUT2D eigenvalue weighted by Crippen LogP contribution is 2.19. The second-order valence-corrected chi connectivity index (χ2v) is 7.75. The Balaban J connectivity index is 2.95. The molecule has 7 heteroatoms. The lowest BCUT2D eigenvalue weighted by atomic mass is 9.93. The van der Waals surface area contributed by atoms with Crippen LogP contribution in [0.1, 0.15) is 53.0 Å². The quantitative estimate of drug-likeness (QED) is 0.200. The fourth-order valence-electron chi connectivity index (χ4n) is 2.34. The van der Waals surface area contributed by atoms with Gasteiger partial charge in [0, 0.05) is 24.7 Å². The van der Waals surface area contributed by atoms with Gasteiger partial charge in [0.2, 0.25) is 0 Å². The zero-order valence-electron chi connectivity index (χ0n) is 16.7. The first kappa shape index (κ1) is 21.9. The predicted octanol–water partition coefficient (Wildman–Crippen LogP) is 2.79. The summed E-state index contributed by atoms with van der Waals surface area (Å²) in [6, 6.07) is 7.81. The zero-order valence-corrected chi connectivity index (χ0v) is 16.7. The monoisotopic (exact) mass is 363 g/mol. The van der Waals surface area contributed by atoms with Gasteiger partial charge in [-0.1, -0.05) is 22.4 Å². The minimum absolute atomic E-state index is 0.145. The van der Waals surface area contributed by atoms with Crippen LogP contribution >= 0.6 is 0 Å². The molecule has 0 spiro atoms. The number of nitrogen functional groups attached to an aromatic ring is 1. The van der Waals surface area contributed by atoms with Crippen molar-refractivity contribution in [2.24, 2.45) is 10.3 Å². The number of nitrogens with two attached hydrogens (primary N) is 1. The standard InChI is InChI=1S/C19H33N5O2/c1-13(23-25)18(3,4)21-11-16(15-7-9-17(20)10-8-15)12-22-19(5,6)14(2)24-26/h7-10,16,21-22,25-26H,11-12,20H2,1-6H3/b23-13+,24-14+. The molecule has 0 aliphatic heterocycles. The second-order valence-electron chi connectivity index (χ2n) is 7.75. The van der Waals surface area contributed by atoms with E-state index in [4.69, 9.17) is 16.1 Å². The van der Waals surface area contributed by atoms with E-state index >= 15 is 0 Å². The molecule has 0 radical (unpaired) electrons. The number of oxime groups is 2. The molecule has 6 N–H and O–H groups in total. The van der Waals surface area contributed by atoms with E-state index < -0.39 is 11.1 Å². The van der Waals surface area contributed by atoms with Crippen LogP contribution in [-0.4, -0.2) is 46.0 Å². The van der Waals surface area contributed by atoms with Crippen molar-refractivity contribution >= 4 is 17.1 Å². The third-order valence-corrected chi connectivity index (χ3v) is 5.10. The summed E-state index contributed by atoms with van der Waals surface area (Å²) in [6.45, 7) is 12.8. The molecule has 146 valence electrons. The van der Waals surface area contributed by atoms with Crippen molar-refractivity contribution in [3.8, 4) is 0 Å². The molecule has 0 aliphatic carbocycles. The first-order valence-electron chi connectivity index (χ1n) is 8.77. The normalized spacial score (nSPS) is 15.2. The van der Waals surface area contributed by atoms with Crippen LogP contribution in [0.15, 0.2) is 34.6 Å². The van der Waals surface area contributed by atoms with Crippen molar-refractivity contribution in [1.82, 2.24) is 10.6 Å². The molecule has 1 aromatic carbocycles. The van der Waals surface area contributed by atoms with Crippen molar-refractivity contribution in [2.75, 3.05) is 18.8 Å². The molecule has 0 aromatic heterocycles. The number of anilines is 1. The molecule has 0 atom stereocenters. The average molecular weight is 364 g/mol. The fourth-order valence-corrected chi connectivity index (χ4v) is 2.34. The summed E-state index contributed by atoms with van der Waals surface area (Å²) >= 11 is 0. The highest BCUT2D eigenvalue weighted by atomic mass is 16.4. The molecule has 0 aliphatic rings. The molecule has 0 saturated carbocycles. The molecule has 1 aromatic rings. The first-order valence-corrected chi connectivity index (χ1v) is 8.77. The van der Waals surface area contributed by atoms with Gasteiger partial charge in [-0.05, 0) is 59.2 Å². The molecule has 0 fully saturated rings. The van der Waals surface area contributed by atoms with E-state index in [1.54, 1.807) is 13.8 Å². The van der Waals surface area contributed by atoms with Crippen molar-refractivity contribution in [1.29, 1.82) is 0 Å². The number of rotatable bonds is 9. The highest BCUT2D eigenvalue weighted by molar-refractivity contribution is 5.90. The van der Waals surface area contributed by atoms with Gasteiger partial charge in [0.15, 0.2) is 0 Å². The molecular formula is C19H33N5O2. The van der Waals surface area contributed by atoms with Crippen molar-refractivity contribution in [2.45, 2.75) is 58.5 Å². The maximum atomic E-state index is 9.07. The fraction of sp³-hybridized carbons (Fsp3) is 0.579. The maximum absolute atomic E-state index is 9.07. The van der Waals surface area contributed by atoms with E-state index in [1.807, 2.05) is 52.0 Å². The third kappa shape index (κ3) is 6.00. The number of nitrogens with zero attached hydrogens (tertiary/aromatic N) is 2. The lowest BCUT2D eigenvalue weighted by Crippen LogP contribution is -2.51. The molecule has 26 heavy (non-hydrogen) atoms. The molecular weight excluding hydrogens is 330 g/mol. The van der Waals surface area contributed by atoms with Gasteiger partial charge < -0.3 is 26.8 Å². The van der Waals surface area contributed by atoms with Crippen molar-refractivity contribution in [3.63, 3.8) is 0 Å². The van der Waals surface area contributed by atoms with Gasteiger partial charge in [0.25, 0.3) is 0 Å². The van der Waals surface area contributed by atoms with Gasteiger partial charge in [-0.25, -0.2) is 0 Å². The largest absolute Gasteiger partial charge is 0.411 e. The molecule has 1 rings (SSSR count). The van der Waals surface area contributed by atoms with Crippen LogP contribution < -0.4 is 16.4 Å². The Kier molecular flexibility index (Phi) is 7.59. The van der Waals surface area contributed by atoms with Crippen LogP contribution in [0.4, 0.5) is 5.69 Å². The number of nitrogens with one attached hydrogen (secondary N) is 2. The Labute approximate surface area is 156 Å². The van der Waals surface area contributed by atoms with Gasteiger partial charge in [-0.3, -0.25) is 0 Å². The topological polar surface area (TPSA) is 115 Å². The third-order valence-electron chi connectivity index (χ3n) is 5.10. The summed E-state index contributed by atoms with van der Waals surface area (Å²) in [4.78, 5) is 0. The maximum Gasteiger partial charge on any atom is 0.0734 e. The summed E-state index contributed by atoms with van der Waals surface area (Å²) in [5.74, 6) is 0.145. The van der Waals surface area contributed by atoms with E-state index in [0.717, 1.165) is 11.3 Å². The van der Waals surface area contributed by atoms with Gasteiger partial charge in [0.05, 0.1) is 22.5 Å². The van der Waals surface area contributed by atoms with Crippen LogP contribution in [0.3, 0.4) is 0 Å². The molecule has 0 bridgehead atoms. The average Bonchev–Trinajstić information content (AvgIpc) is 2.61. The lowest BCUT2D eigenvalue weighted by Gasteiger charge is -2.32. The number of benzene rings is 1. The molecule has 0 unspecified atom stereocenters. The smallest absolute Gasteiger partial charge is 0.0734 e. The van der Waals surface area contributed by atoms with Gasteiger partial charge >= 0.3 is 0 Å². The van der Waals surface area contributed by atoms with E-state index in [0.29, 0.717) is 24.5 Å². The molecule has 7 nitrogen and oxygen atoms in total. The molecule has 0 saturated heterocycles.